The lowest BCUT2D eigenvalue weighted by atomic mass is 9.90. The number of morpholine rings is 1. The molecule has 4 rings (SSSR count). The zero-order chi connectivity index (χ0) is 22.0. The normalized spacial score (nSPS) is 19.3. The van der Waals surface area contributed by atoms with Gasteiger partial charge in [0.15, 0.2) is 0 Å². The van der Waals surface area contributed by atoms with Crippen LogP contribution in [0.2, 0.25) is 25.7 Å². The zero-order valence-electron chi connectivity index (χ0n) is 19.0. The third-order valence-electron chi connectivity index (χ3n) is 6.00. The van der Waals surface area contributed by atoms with Gasteiger partial charge in [-0.1, -0.05) is 48.6 Å². The average Bonchev–Trinajstić information content (AvgIpc) is 3.13. The third-order valence-corrected chi connectivity index (χ3v) is 8.71. The summed E-state index contributed by atoms with van der Waals surface area (Å²) in [6.45, 7) is 13.9. The highest BCUT2D eigenvalue weighted by molar-refractivity contribution is 9.11. The molecule has 0 saturated carbocycles. The molecule has 1 atom stereocenters. The number of hydrogen-bond donors (Lipinski definition) is 0. The number of nitrogens with zero attached hydrogens (tertiary/aromatic N) is 4. The molecule has 1 saturated heterocycles. The van der Waals surface area contributed by atoms with E-state index in [0.29, 0.717) is 6.73 Å². The number of aromatic nitrogens is 3. The first-order valence-corrected chi connectivity index (χ1v) is 15.7. The molecule has 1 unspecified atom stereocenters. The lowest BCUT2D eigenvalue weighted by molar-refractivity contribution is 0.0768. The van der Waals surface area contributed by atoms with Crippen molar-refractivity contribution in [3.05, 3.63) is 40.1 Å². The van der Waals surface area contributed by atoms with Gasteiger partial charge in [0.1, 0.15) is 12.5 Å². The molecule has 8 heteroatoms. The minimum absolute atomic E-state index is 0.273. The number of allylic oxidation sites excluding steroid dienone is 2. The number of rotatable bonds is 7. The van der Waals surface area contributed by atoms with Gasteiger partial charge >= 0.3 is 0 Å². The summed E-state index contributed by atoms with van der Waals surface area (Å²) < 4.78 is 14.9. The highest BCUT2D eigenvalue weighted by Gasteiger charge is 2.28. The Morgan fingerprint density at radius 1 is 1.26 bits per heavy atom. The standard InChI is InChI=1S/C23H33BrN4O2Si/c1-17-19(24)5-6-20-22(17)23(26-28(20)16-30-13-14-31(2,3)4)18-7-8-25-21(15-18)27-9-11-29-12-10-27/h5,7-8,15,17H,6,9-14,16H2,1-4H3. The molecule has 0 N–H and O–H groups in total. The van der Waals surface area contributed by atoms with Crippen LogP contribution < -0.4 is 4.90 Å². The molecule has 2 aliphatic rings. The van der Waals surface area contributed by atoms with Gasteiger partial charge < -0.3 is 14.4 Å². The van der Waals surface area contributed by atoms with Crippen LogP contribution >= 0.6 is 15.9 Å². The Hall–Kier alpha value is -1.48. The van der Waals surface area contributed by atoms with Crippen LogP contribution in [0.25, 0.3) is 11.3 Å². The fourth-order valence-corrected chi connectivity index (χ4v) is 5.22. The maximum atomic E-state index is 6.06. The fourth-order valence-electron chi connectivity index (χ4n) is 4.07. The van der Waals surface area contributed by atoms with E-state index in [9.17, 15) is 0 Å². The third kappa shape index (κ3) is 5.30. The van der Waals surface area contributed by atoms with Gasteiger partial charge in [-0.25, -0.2) is 9.67 Å². The van der Waals surface area contributed by atoms with Crippen molar-refractivity contribution in [1.29, 1.82) is 0 Å². The minimum atomic E-state index is -1.11. The van der Waals surface area contributed by atoms with E-state index in [1.165, 1.54) is 21.8 Å². The van der Waals surface area contributed by atoms with Crippen molar-refractivity contribution in [2.75, 3.05) is 37.8 Å². The lowest BCUT2D eigenvalue weighted by Crippen LogP contribution is -2.36. The van der Waals surface area contributed by atoms with Gasteiger partial charge in [-0.3, -0.25) is 0 Å². The molecule has 31 heavy (non-hydrogen) atoms. The van der Waals surface area contributed by atoms with Crippen molar-refractivity contribution in [1.82, 2.24) is 14.8 Å². The minimum Gasteiger partial charge on any atom is -0.378 e. The highest BCUT2D eigenvalue weighted by atomic mass is 79.9. The van der Waals surface area contributed by atoms with E-state index in [2.05, 4.69) is 75.3 Å². The molecule has 0 radical (unpaired) electrons. The summed E-state index contributed by atoms with van der Waals surface area (Å²) in [5, 5.41) is 5.05. The summed E-state index contributed by atoms with van der Waals surface area (Å²) in [6.07, 6.45) is 5.02. The number of anilines is 1. The van der Waals surface area contributed by atoms with Crippen LogP contribution in [0.1, 0.15) is 24.1 Å². The Labute approximate surface area is 194 Å². The zero-order valence-corrected chi connectivity index (χ0v) is 21.6. The van der Waals surface area contributed by atoms with Crippen LogP contribution in [0.15, 0.2) is 28.9 Å². The Morgan fingerprint density at radius 2 is 2.03 bits per heavy atom. The number of ether oxygens (including phenoxy) is 2. The van der Waals surface area contributed by atoms with E-state index in [0.717, 1.165) is 56.4 Å². The molecule has 0 amide bonds. The van der Waals surface area contributed by atoms with Gasteiger partial charge in [-0.05, 0) is 22.7 Å². The molecule has 1 fully saturated rings. The van der Waals surface area contributed by atoms with Crippen molar-refractivity contribution in [2.45, 2.75) is 51.7 Å². The molecule has 0 spiro atoms. The topological polar surface area (TPSA) is 52.4 Å². The highest BCUT2D eigenvalue weighted by Crippen LogP contribution is 2.41. The van der Waals surface area contributed by atoms with Gasteiger partial charge in [-0.15, -0.1) is 0 Å². The predicted octanol–water partition coefficient (Wildman–Crippen LogP) is 5.03. The lowest BCUT2D eigenvalue weighted by Gasteiger charge is -2.28. The quantitative estimate of drug-likeness (QED) is 0.390. The van der Waals surface area contributed by atoms with E-state index in [4.69, 9.17) is 14.6 Å². The summed E-state index contributed by atoms with van der Waals surface area (Å²) in [4.78, 5) is 6.91. The summed E-state index contributed by atoms with van der Waals surface area (Å²) in [5.41, 5.74) is 4.70. The molecule has 6 nitrogen and oxygen atoms in total. The Bertz CT molecular complexity index is 948. The Morgan fingerprint density at radius 3 is 2.77 bits per heavy atom. The molecule has 1 aliphatic carbocycles. The molecular formula is C23H33BrN4O2Si. The number of pyridine rings is 1. The molecule has 0 bridgehead atoms. The number of hydrogen-bond acceptors (Lipinski definition) is 5. The monoisotopic (exact) mass is 504 g/mol. The first-order valence-electron chi connectivity index (χ1n) is 11.2. The second-order valence-corrected chi connectivity index (χ2v) is 16.1. The van der Waals surface area contributed by atoms with Gasteiger partial charge in [0.05, 0.1) is 18.9 Å². The average molecular weight is 506 g/mol. The van der Waals surface area contributed by atoms with E-state index in [1.54, 1.807) is 0 Å². The van der Waals surface area contributed by atoms with Crippen molar-refractivity contribution >= 4 is 29.8 Å². The van der Waals surface area contributed by atoms with Crippen molar-refractivity contribution < 1.29 is 9.47 Å². The number of halogens is 1. The van der Waals surface area contributed by atoms with Crippen molar-refractivity contribution in [3.8, 4) is 11.3 Å². The van der Waals surface area contributed by atoms with Gasteiger partial charge in [0.25, 0.3) is 0 Å². The summed E-state index contributed by atoms with van der Waals surface area (Å²) in [5.74, 6) is 1.27. The molecule has 1 aliphatic heterocycles. The maximum Gasteiger partial charge on any atom is 0.139 e. The Balaban J connectivity index is 1.62. The summed E-state index contributed by atoms with van der Waals surface area (Å²) >= 11 is 3.77. The second kappa shape index (κ2) is 9.56. The van der Waals surface area contributed by atoms with Crippen molar-refractivity contribution in [2.24, 2.45) is 0 Å². The molecule has 168 valence electrons. The summed E-state index contributed by atoms with van der Waals surface area (Å²) in [7, 11) is -1.11. The van der Waals surface area contributed by atoms with E-state index >= 15 is 0 Å². The van der Waals surface area contributed by atoms with E-state index < -0.39 is 8.07 Å². The van der Waals surface area contributed by atoms with Crippen LogP contribution in [0, 0.1) is 0 Å². The van der Waals surface area contributed by atoms with Crippen LogP contribution in [-0.2, 0) is 22.6 Å². The van der Waals surface area contributed by atoms with E-state index in [-0.39, 0.29) is 5.92 Å². The summed E-state index contributed by atoms with van der Waals surface area (Å²) in [6, 6.07) is 5.41. The second-order valence-electron chi connectivity index (χ2n) is 9.57. The van der Waals surface area contributed by atoms with Gasteiger partial charge in [0.2, 0.25) is 0 Å². The smallest absolute Gasteiger partial charge is 0.139 e. The molecule has 0 aromatic carbocycles. The fraction of sp³-hybridized carbons (Fsp3) is 0.565. The molecule has 3 heterocycles. The van der Waals surface area contributed by atoms with Crippen LogP contribution in [0.3, 0.4) is 0 Å². The molecular weight excluding hydrogens is 472 g/mol. The largest absolute Gasteiger partial charge is 0.378 e. The van der Waals surface area contributed by atoms with Crippen LogP contribution in [0.5, 0.6) is 0 Å². The Kier molecular flexibility index (Phi) is 7.00. The SMILES string of the molecule is CC1C(Br)=CCc2c1c(-c1ccnc(N3CCOCC3)c1)nn2COCC[Si](C)(C)C. The molecule has 2 aromatic heterocycles. The van der Waals surface area contributed by atoms with Gasteiger partial charge in [0, 0.05) is 63.1 Å². The molecule has 2 aromatic rings. The van der Waals surface area contributed by atoms with E-state index in [1.807, 2.05) is 6.20 Å². The van der Waals surface area contributed by atoms with Crippen LogP contribution in [-0.4, -0.2) is 55.7 Å². The predicted molar refractivity (Wildman–Crippen MR) is 132 cm³/mol. The maximum absolute atomic E-state index is 6.06. The van der Waals surface area contributed by atoms with Crippen LogP contribution in [0.4, 0.5) is 5.82 Å². The number of fused-ring (bicyclic) bond motifs is 1. The first-order chi connectivity index (χ1) is 14.8. The van der Waals surface area contributed by atoms with Gasteiger partial charge in [-0.2, -0.15) is 5.10 Å². The van der Waals surface area contributed by atoms with Crippen molar-refractivity contribution in [3.63, 3.8) is 0 Å². The first kappa shape index (κ1) is 22.7.